The second-order valence-electron chi connectivity index (χ2n) is 3.27. The quantitative estimate of drug-likeness (QED) is 0.352. The molecule has 0 bridgehead atoms. The van der Waals surface area contributed by atoms with Gasteiger partial charge in [0, 0.05) is 24.5 Å². The summed E-state index contributed by atoms with van der Waals surface area (Å²) >= 11 is 0. The lowest BCUT2D eigenvalue weighted by molar-refractivity contribution is -0.384. The highest BCUT2D eigenvalue weighted by molar-refractivity contribution is 5.90. The fraction of sp³-hybridized carbons (Fsp3) is 0. The molecule has 18 heavy (non-hydrogen) atoms. The van der Waals surface area contributed by atoms with Crippen LogP contribution in [-0.2, 0) is 0 Å². The third-order valence-corrected chi connectivity index (χ3v) is 2.05. The molecule has 1 heterocycles. The zero-order valence-electron chi connectivity index (χ0n) is 9.02. The molecule has 0 atom stereocenters. The van der Waals surface area contributed by atoms with Crippen molar-refractivity contribution in [1.29, 1.82) is 0 Å². The highest BCUT2D eigenvalue weighted by Gasteiger charge is 2.10. The van der Waals surface area contributed by atoms with Crippen LogP contribution in [0.3, 0.4) is 0 Å². The minimum Gasteiger partial charge on any atom is -0.423 e. The number of benzene rings is 1. The SMILES string of the molecule is O=C(Oc1ccc([N+](=O)[O-])cc1)c1cncnc1. The summed E-state index contributed by atoms with van der Waals surface area (Å²) in [6, 6.07) is 5.20. The average molecular weight is 245 g/mol. The number of hydrogen-bond donors (Lipinski definition) is 0. The van der Waals surface area contributed by atoms with E-state index in [2.05, 4.69) is 9.97 Å². The van der Waals surface area contributed by atoms with Gasteiger partial charge in [-0.05, 0) is 12.1 Å². The summed E-state index contributed by atoms with van der Waals surface area (Å²) in [6.45, 7) is 0. The number of non-ortho nitro benzene ring substituents is 1. The molecule has 0 aliphatic rings. The van der Waals surface area contributed by atoms with Gasteiger partial charge in [-0.25, -0.2) is 14.8 Å². The van der Waals surface area contributed by atoms with Gasteiger partial charge in [-0.1, -0.05) is 0 Å². The number of carbonyl (C=O) groups is 1. The molecule has 0 N–H and O–H groups in total. The van der Waals surface area contributed by atoms with Crippen LogP contribution in [-0.4, -0.2) is 20.9 Å². The zero-order valence-corrected chi connectivity index (χ0v) is 9.02. The lowest BCUT2D eigenvalue weighted by Crippen LogP contribution is -2.09. The maximum Gasteiger partial charge on any atom is 0.346 e. The Kier molecular flexibility index (Phi) is 3.24. The zero-order chi connectivity index (χ0) is 13.0. The van der Waals surface area contributed by atoms with Gasteiger partial charge >= 0.3 is 5.97 Å². The van der Waals surface area contributed by atoms with Crippen molar-refractivity contribution in [3.63, 3.8) is 0 Å². The predicted octanol–water partition coefficient (Wildman–Crippen LogP) is 1.60. The van der Waals surface area contributed by atoms with Gasteiger partial charge in [0.15, 0.2) is 0 Å². The fourth-order valence-electron chi connectivity index (χ4n) is 1.21. The molecule has 7 heteroatoms. The Hall–Kier alpha value is -2.83. The van der Waals surface area contributed by atoms with E-state index in [0.717, 1.165) is 0 Å². The van der Waals surface area contributed by atoms with Crippen molar-refractivity contribution in [2.24, 2.45) is 0 Å². The van der Waals surface area contributed by atoms with Crippen LogP contribution >= 0.6 is 0 Å². The molecule has 0 saturated carbocycles. The van der Waals surface area contributed by atoms with Gasteiger partial charge in [-0.15, -0.1) is 0 Å². The van der Waals surface area contributed by atoms with Crippen molar-refractivity contribution in [3.05, 3.63) is 58.7 Å². The molecular weight excluding hydrogens is 238 g/mol. The first kappa shape index (κ1) is 11.6. The van der Waals surface area contributed by atoms with Gasteiger partial charge in [0.05, 0.1) is 10.5 Å². The summed E-state index contributed by atoms with van der Waals surface area (Å²) in [4.78, 5) is 28.9. The Labute approximate surface area is 101 Å². The normalized spacial score (nSPS) is 9.78. The topological polar surface area (TPSA) is 95.2 Å². The van der Waals surface area contributed by atoms with Crippen molar-refractivity contribution in [1.82, 2.24) is 9.97 Å². The van der Waals surface area contributed by atoms with E-state index in [0.29, 0.717) is 0 Å². The second kappa shape index (κ2) is 5.00. The molecule has 0 saturated heterocycles. The Morgan fingerprint density at radius 3 is 2.33 bits per heavy atom. The first-order valence-corrected chi connectivity index (χ1v) is 4.88. The number of aromatic nitrogens is 2. The average Bonchev–Trinajstić information content (AvgIpc) is 2.40. The van der Waals surface area contributed by atoms with Gasteiger partial charge < -0.3 is 4.74 Å². The van der Waals surface area contributed by atoms with Gasteiger partial charge in [-0.2, -0.15) is 0 Å². The monoisotopic (exact) mass is 245 g/mol. The van der Waals surface area contributed by atoms with Crippen molar-refractivity contribution in [2.45, 2.75) is 0 Å². The molecule has 2 aromatic rings. The van der Waals surface area contributed by atoms with E-state index in [1.807, 2.05) is 0 Å². The van der Waals surface area contributed by atoms with Gasteiger partial charge in [-0.3, -0.25) is 10.1 Å². The van der Waals surface area contributed by atoms with Crippen LogP contribution in [0.4, 0.5) is 5.69 Å². The lowest BCUT2D eigenvalue weighted by Gasteiger charge is -2.02. The number of ether oxygens (including phenoxy) is 1. The van der Waals surface area contributed by atoms with E-state index in [1.54, 1.807) is 0 Å². The highest BCUT2D eigenvalue weighted by atomic mass is 16.6. The predicted molar refractivity (Wildman–Crippen MR) is 60.1 cm³/mol. The van der Waals surface area contributed by atoms with E-state index in [-0.39, 0.29) is 17.0 Å². The largest absolute Gasteiger partial charge is 0.423 e. The standard InChI is InChI=1S/C11H7N3O4/c15-11(8-5-12-7-13-6-8)18-10-3-1-9(2-4-10)14(16)17/h1-7H. The molecule has 1 aromatic carbocycles. The number of rotatable bonds is 3. The van der Waals surface area contributed by atoms with E-state index < -0.39 is 10.9 Å². The van der Waals surface area contributed by atoms with Gasteiger partial charge in [0.25, 0.3) is 5.69 Å². The highest BCUT2D eigenvalue weighted by Crippen LogP contribution is 2.18. The first-order valence-electron chi connectivity index (χ1n) is 4.88. The minimum absolute atomic E-state index is 0.0714. The van der Waals surface area contributed by atoms with Crippen LogP contribution in [0.25, 0.3) is 0 Å². The van der Waals surface area contributed by atoms with E-state index in [9.17, 15) is 14.9 Å². The maximum absolute atomic E-state index is 11.6. The summed E-state index contributed by atoms with van der Waals surface area (Å²) in [6.07, 6.45) is 3.93. The number of esters is 1. The van der Waals surface area contributed by atoms with Crippen LogP contribution in [0.2, 0.25) is 0 Å². The van der Waals surface area contributed by atoms with Crippen molar-refractivity contribution in [3.8, 4) is 5.75 Å². The maximum atomic E-state index is 11.6. The number of carbonyl (C=O) groups excluding carboxylic acids is 1. The van der Waals surface area contributed by atoms with E-state index in [1.165, 1.54) is 43.0 Å². The van der Waals surface area contributed by atoms with E-state index in [4.69, 9.17) is 4.74 Å². The minimum atomic E-state index is -0.621. The van der Waals surface area contributed by atoms with Gasteiger partial charge in [0.2, 0.25) is 0 Å². The fourth-order valence-corrected chi connectivity index (χ4v) is 1.21. The molecular formula is C11H7N3O4. The second-order valence-corrected chi connectivity index (χ2v) is 3.27. The summed E-state index contributed by atoms with van der Waals surface area (Å²) < 4.78 is 4.99. The third kappa shape index (κ3) is 2.64. The molecule has 90 valence electrons. The van der Waals surface area contributed by atoms with Crippen molar-refractivity contribution in [2.75, 3.05) is 0 Å². The van der Waals surface area contributed by atoms with Crippen molar-refractivity contribution < 1.29 is 14.5 Å². The van der Waals surface area contributed by atoms with Crippen LogP contribution in [0.5, 0.6) is 5.75 Å². The van der Waals surface area contributed by atoms with Crippen LogP contribution in [0, 0.1) is 10.1 Å². The molecule has 0 aliphatic heterocycles. The molecule has 2 rings (SSSR count). The number of hydrogen-bond acceptors (Lipinski definition) is 6. The smallest absolute Gasteiger partial charge is 0.346 e. The van der Waals surface area contributed by atoms with Crippen LogP contribution < -0.4 is 4.74 Å². The number of nitro benzene ring substituents is 1. The summed E-state index contributed by atoms with van der Waals surface area (Å²) in [5, 5.41) is 10.4. The number of nitrogens with zero attached hydrogens (tertiary/aromatic N) is 3. The Balaban J connectivity index is 2.10. The first-order chi connectivity index (χ1) is 8.66. The molecule has 0 unspecified atom stereocenters. The lowest BCUT2D eigenvalue weighted by atomic mass is 10.3. The molecule has 0 amide bonds. The van der Waals surface area contributed by atoms with Crippen LogP contribution in [0.1, 0.15) is 10.4 Å². The van der Waals surface area contributed by atoms with E-state index >= 15 is 0 Å². The molecule has 1 aromatic heterocycles. The molecule has 0 aliphatic carbocycles. The summed E-state index contributed by atoms with van der Waals surface area (Å²) in [7, 11) is 0. The third-order valence-electron chi connectivity index (χ3n) is 2.05. The Bertz CT molecular complexity index is 569. The van der Waals surface area contributed by atoms with Crippen molar-refractivity contribution >= 4 is 11.7 Å². The summed E-state index contributed by atoms with van der Waals surface area (Å²) in [5.74, 6) is -0.404. The molecule has 0 radical (unpaired) electrons. The molecule has 0 spiro atoms. The molecule has 7 nitrogen and oxygen atoms in total. The summed E-state index contributed by atoms with van der Waals surface area (Å²) in [5.41, 5.74) is 0.133. The number of nitro groups is 1. The Morgan fingerprint density at radius 1 is 1.17 bits per heavy atom. The Morgan fingerprint density at radius 2 is 1.78 bits per heavy atom. The van der Waals surface area contributed by atoms with Gasteiger partial charge in [0.1, 0.15) is 12.1 Å². The molecule has 0 fully saturated rings. The van der Waals surface area contributed by atoms with Crippen LogP contribution in [0.15, 0.2) is 43.0 Å².